The highest BCUT2D eigenvalue weighted by Gasteiger charge is 2.41. The summed E-state index contributed by atoms with van der Waals surface area (Å²) in [4.78, 5) is 31.5. The lowest BCUT2D eigenvalue weighted by Crippen LogP contribution is -2.48. The first-order chi connectivity index (χ1) is 22.0. The quantitative estimate of drug-likeness (QED) is 0.151. The summed E-state index contributed by atoms with van der Waals surface area (Å²) in [5.41, 5.74) is 4.43. The number of aryl methyl sites for hydroxylation is 3. The third kappa shape index (κ3) is 10.1. The van der Waals surface area contributed by atoms with Gasteiger partial charge in [0.05, 0.1) is 31.9 Å². The molecule has 0 radical (unpaired) electrons. The Balaban J connectivity index is 1.47. The van der Waals surface area contributed by atoms with Crippen molar-refractivity contribution in [2.75, 3.05) is 20.2 Å². The zero-order valence-electron chi connectivity index (χ0n) is 29.6. The number of hydrogen-bond donors (Lipinski definition) is 0. The van der Waals surface area contributed by atoms with Gasteiger partial charge in [-0.3, -0.25) is 4.98 Å². The zero-order chi connectivity index (χ0) is 34.4. The van der Waals surface area contributed by atoms with Gasteiger partial charge < -0.3 is 23.5 Å². The van der Waals surface area contributed by atoms with Crippen LogP contribution in [0.15, 0.2) is 67.0 Å². The fourth-order valence-corrected chi connectivity index (χ4v) is 6.58. The first-order valence-electron chi connectivity index (χ1n) is 16.6. The monoisotopic (exact) mass is 660 g/mol. The minimum absolute atomic E-state index is 0.00557. The molecule has 3 aromatic rings. The molecule has 4 rings (SSSR count). The fourth-order valence-electron chi connectivity index (χ4n) is 5.30. The summed E-state index contributed by atoms with van der Waals surface area (Å²) in [7, 11) is -0.809. The van der Waals surface area contributed by atoms with Crippen molar-refractivity contribution in [3.63, 3.8) is 0 Å². The Morgan fingerprint density at radius 3 is 2.30 bits per heavy atom. The van der Waals surface area contributed by atoms with Crippen molar-refractivity contribution in [3.05, 3.63) is 94.8 Å². The number of esters is 1. The van der Waals surface area contributed by atoms with Gasteiger partial charge in [0.25, 0.3) is 0 Å². The molecule has 0 aliphatic carbocycles. The predicted molar refractivity (Wildman–Crippen MR) is 187 cm³/mol. The second-order valence-electron chi connectivity index (χ2n) is 14.9. The van der Waals surface area contributed by atoms with Crippen LogP contribution in [-0.2, 0) is 33.2 Å². The molecule has 8 nitrogen and oxygen atoms in total. The molecule has 1 aliphatic heterocycles. The predicted octanol–water partition coefficient (Wildman–Crippen LogP) is 8.35. The van der Waals surface area contributed by atoms with Gasteiger partial charge in [0.1, 0.15) is 17.5 Å². The highest BCUT2D eigenvalue weighted by Crippen LogP contribution is 2.40. The van der Waals surface area contributed by atoms with E-state index in [4.69, 9.17) is 18.6 Å². The van der Waals surface area contributed by atoms with Crippen LogP contribution in [0, 0.1) is 0 Å². The molecule has 0 fully saturated rings. The highest BCUT2D eigenvalue weighted by atomic mass is 28.4. The summed E-state index contributed by atoms with van der Waals surface area (Å²) in [5, 5.41) is -0.00557. The lowest BCUT2D eigenvalue weighted by atomic mass is 9.97. The number of pyridine rings is 1. The molecule has 0 N–H and O–H groups in total. The molecule has 47 heavy (non-hydrogen) atoms. The number of carbonyl (C=O) groups excluding carboxylic acids is 2. The lowest BCUT2D eigenvalue weighted by molar-refractivity contribution is 0.00489. The van der Waals surface area contributed by atoms with Gasteiger partial charge in [-0.05, 0) is 111 Å². The van der Waals surface area contributed by atoms with E-state index in [9.17, 15) is 9.59 Å². The van der Waals surface area contributed by atoms with Crippen molar-refractivity contribution >= 4 is 20.4 Å². The summed E-state index contributed by atoms with van der Waals surface area (Å²) in [6.45, 7) is 17.5. The number of fused-ring (bicyclic) bond motifs is 1. The Morgan fingerprint density at radius 1 is 1.00 bits per heavy atom. The number of hydrogen-bond acceptors (Lipinski definition) is 7. The maximum absolute atomic E-state index is 13.7. The van der Waals surface area contributed by atoms with Crippen LogP contribution >= 0.6 is 0 Å². The van der Waals surface area contributed by atoms with E-state index in [0.717, 1.165) is 42.6 Å². The number of carbonyl (C=O) groups is 2. The second-order valence-corrected chi connectivity index (χ2v) is 19.7. The van der Waals surface area contributed by atoms with Crippen molar-refractivity contribution in [3.8, 4) is 5.75 Å². The molecule has 0 unspecified atom stereocenters. The van der Waals surface area contributed by atoms with Crippen molar-refractivity contribution in [1.29, 1.82) is 0 Å². The summed E-state index contributed by atoms with van der Waals surface area (Å²) < 4.78 is 24.1. The molecule has 0 saturated heterocycles. The van der Waals surface area contributed by atoms with Gasteiger partial charge >= 0.3 is 12.1 Å². The van der Waals surface area contributed by atoms with Crippen LogP contribution in [0.3, 0.4) is 0 Å². The summed E-state index contributed by atoms with van der Waals surface area (Å²) in [5.74, 6) is 0.532. The van der Waals surface area contributed by atoms with Crippen LogP contribution in [-0.4, -0.2) is 62.2 Å². The number of amides is 1. The first kappa shape index (κ1) is 36.1. The van der Waals surface area contributed by atoms with Crippen LogP contribution in [0.4, 0.5) is 4.79 Å². The van der Waals surface area contributed by atoms with Crippen molar-refractivity contribution < 1.29 is 28.2 Å². The molecule has 1 aromatic heterocycles. The molecule has 0 spiro atoms. The van der Waals surface area contributed by atoms with E-state index in [-0.39, 0.29) is 29.3 Å². The highest BCUT2D eigenvalue weighted by molar-refractivity contribution is 6.74. The average Bonchev–Trinajstić information content (AvgIpc) is 3.01. The fraction of sp³-hybridized carbons (Fsp3) is 0.500. The number of nitrogens with zero attached hydrogens (tertiary/aromatic N) is 2. The molecule has 9 heteroatoms. The van der Waals surface area contributed by atoms with E-state index in [0.29, 0.717) is 18.7 Å². The average molecular weight is 661 g/mol. The van der Waals surface area contributed by atoms with Crippen LogP contribution in [0.2, 0.25) is 18.1 Å². The van der Waals surface area contributed by atoms with Gasteiger partial charge in [0.15, 0.2) is 8.32 Å². The van der Waals surface area contributed by atoms with E-state index in [1.807, 2.05) is 57.3 Å². The topological polar surface area (TPSA) is 87.2 Å². The number of aromatic nitrogens is 1. The number of rotatable bonds is 11. The van der Waals surface area contributed by atoms with Gasteiger partial charge in [-0.2, -0.15) is 0 Å². The molecular formula is C38H52N2O6Si. The number of methoxy groups -OCH3 is 1. The summed E-state index contributed by atoms with van der Waals surface area (Å²) in [6.07, 6.45) is 6.04. The van der Waals surface area contributed by atoms with Gasteiger partial charge in [0, 0.05) is 12.4 Å². The first-order valence-corrected chi connectivity index (χ1v) is 19.5. The maximum atomic E-state index is 13.7. The van der Waals surface area contributed by atoms with E-state index in [1.54, 1.807) is 23.2 Å². The largest absolute Gasteiger partial charge is 0.488 e. The lowest BCUT2D eigenvalue weighted by Gasteiger charge is -2.41. The Kier molecular flexibility index (Phi) is 11.6. The van der Waals surface area contributed by atoms with E-state index >= 15 is 0 Å². The van der Waals surface area contributed by atoms with Crippen LogP contribution in [0.5, 0.6) is 5.75 Å². The summed E-state index contributed by atoms with van der Waals surface area (Å²) in [6, 6.07) is 17.9. The third-order valence-corrected chi connectivity index (χ3v) is 13.5. The molecule has 2 heterocycles. The Bertz CT molecular complexity index is 1500. The molecule has 0 bridgehead atoms. The van der Waals surface area contributed by atoms with Crippen LogP contribution in [0.1, 0.15) is 86.7 Å². The smallest absolute Gasteiger partial charge is 0.410 e. The number of benzene rings is 2. The minimum Gasteiger partial charge on any atom is -0.488 e. The van der Waals surface area contributed by atoms with Crippen molar-refractivity contribution in [2.24, 2.45) is 0 Å². The Labute approximate surface area is 281 Å². The van der Waals surface area contributed by atoms with Gasteiger partial charge in [-0.25, -0.2) is 9.59 Å². The minimum atomic E-state index is -2.20. The Morgan fingerprint density at radius 2 is 1.68 bits per heavy atom. The molecule has 2 aromatic carbocycles. The van der Waals surface area contributed by atoms with Gasteiger partial charge in [-0.15, -0.1) is 0 Å². The Hall–Kier alpha value is -3.69. The molecule has 254 valence electrons. The van der Waals surface area contributed by atoms with E-state index < -0.39 is 13.9 Å². The zero-order valence-corrected chi connectivity index (χ0v) is 30.6. The molecular weight excluding hydrogens is 609 g/mol. The van der Waals surface area contributed by atoms with E-state index in [2.05, 4.69) is 51.0 Å². The van der Waals surface area contributed by atoms with E-state index in [1.165, 1.54) is 18.2 Å². The SMILES string of the molecule is COC(=O)c1ccc(CCc2ccc3c(c2)CC[C@@H](CN(C[C@H](O[Si](C)(C)C(C)(C)C)c2cccnc2)C(=O)OC(C)(C)C)O3)cc1. The van der Waals surface area contributed by atoms with Crippen LogP contribution < -0.4 is 4.74 Å². The molecule has 0 saturated carbocycles. The summed E-state index contributed by atoms with van der Waals surface area (Å²) >= 11 is 0. The van der Waals surface area contributed by atoms with Crippen LogP contribution in [0.25, 0.3) is 0 Å². The third-order valence-electron chi connectivity index (χ3n) is 8.99. The maximum Gasteiger partial charge on any atom is 0.410 e. The number of ether oxygens (including phenoxy) is 3. The molecule has 1 aliphatic rings. The van der Waals surface area contributed by atoms with Gasteiger partial charge in [-0.1, -0.05) is 51.1 Å². The van der Waals surface area contributed by atoms with Crippen molar-refractivity contribution in [1.82, 2.24) is 9.88 Å². The van der Waals surface area contributed by atoms with Gasteiger partial charge in [0.2, 0.25) is 0 Å². The molecule has 2 atom stereocenters. The normalized spacial score (nSPS) is 15.6. The molecule has 1 amide bonds. The second kappa shape index (κ2) is 15.0. The van der Waals surface area contributed by atoms with Crippen molar-refractivity contribution in [2.45, 2.75) is 103 Å². The standard InChI is InChI=1S/C38H52N2O6Si/c1-37(2,3)45-36(42)40(26-34(31-11-10-22-39-24-31)46-47(8,9)38(4,5)6)25-32-20-19-30-23-28(16-21-33(30)44-32)13-12-27-14-17-29(18-15-27)35(41)43-7/h10-11,14-18,21-24,32,34H,12-13,19-20,25-26H2,1-9H3/t32-,34-/m0/s1.